The first-order valence-electron chi connectivity index (χ1n) is 8.70. The lowest BCUT2D eigenvalue weighted by Gasteiger charge is -2.37. The number of hydrogen-bond donors (Lipinski definition) is 1. The van der Waals surface area contributed by atoms with Crippen LogP contribution in [-0.4, -0.2) is 17.9 Å². The Kier molecular flexibility index (Phi) is 4.49. The predicted molar refractivity (Wildman–Crippen MR) is 91.9 cm³/mol. The van der Waals surface area contributed by atoms with Crippen LogP contribution >= 0.6 is 0 Å². The maximum atomic E-state index is 12.5. The fourth-order valence-corrected chi connectivity index (χ4v) is 4.25. The molecule has 1 aromatic rings. The van der Waals surface area contributed by atoms with Gasteiger partial charge in [-0.05, 0) is 48.3 Å². The highest BCUT2D eigenvalue weighted by atomic mass is 16.1. The number of ketones is 1. The summed E-state index contributed by atoms with van der Waals surface area (Å²) in [5, 5.41) is 3.66. The maximum absolute atomic E-state index is 12.5. The minimum atomic E-state index is 0.156. The van der Waals surface area contributed by atoms with Crippen molar-refractivity contribution in [3.8, 4) is 0 Å². The van der Waals surface area contributed by atoms with Gasteiger partial charge >= 0.3 is 0 Å². The third-order valence-electron chi connectivity index (χ3n) is 5.58. The van der Waals surface area contributed by atoms with Gasteiger partial charge in [-0.25, -0.2) is 0 Å². The Morgan fingerprint density at radius 3 is 2.55 bits per heavy atom. The molecule has 0 amide bonds. The largest absolute Gasteiger partial charge is 0.310 e. The van der Waals surface area contributed by atoms with Crippen molar-refractivity contribution in [2.45, 2.75) is 64.0 Å². The molecule has 0 aromatic heterocycles. The molecular weight excluding hydrogens is 270 g/mol. The van der Waals surface area contributed by atoms with Gasteiger partial charge in [0, 0.05) is 24.4 Å². The van der Waals surface area contributed by atoms with E-state index in [1.54, 1.807) is 0 Å². The van der Waals surface area contributed by atoms with E-state index in [1.165, 1.54) is 23.1 Å². The number of carbonyl (C=O) groups excluding carboxylic acids is 1. The Bertz CT molecular complexity index is 560. The highest BCUT2D eigenvalue weighted by Gasteiger charge is 2.44. The van der Waals surface area contributed by atoms with Crippen LogP contribution in [0.4, 0.5) is 0 Å². The van der Waals surface area contributed by atoms with Crippen LogP contribution in [0.2, 0.25) is 0 Å². The van der Waals surface area contributed by atoms with E-state index in [-0.39, 0.29) is 5.92 Å². The van der Waals surface area contributed by atoms with Crippen molar-refractivity contribution in [2.24, 2.45) is 5.92 Å². The highest BCUT2D eigenvalue weighted by molar-refractivity contribution is 5.83. The summed E-state index contributed by atoms with van der Waals surface area (Å²) in [6.07, 6.45) is 5.10. The first-order valence-corrected chi connectivity index (χ1v) is 8.70. The lowest BCUT2D eigenvalue weighted by atomic mass is 9.74. The molecule has 3 rings (SSSR count). The normalized spacial score (nSPS) is 30.3. The molecule has 2 fully saturated rings. The molecule has 2 bridgehead atoms. The summed E-state index contributed by atoms with van der Waals surface area (Å²) in [4.78, 5) is 12.5. The first-order chi connectivity index (χ1) is 10.6. The zero-order valence-electron chi connectivity index (χ0n) is 13.8. The fourth-order valence-electron chi connectivity index (χ4n) is 4.25. The first kappa shape index (κ1) is 15.5. The zero-order valence-corrected chi connectivity index (χ0v) is 13.8. The standard InChI is InChI=1S/C20H27NO/c1-4-13(3)14-6-8-15(9-7-14)17-12-16-10-11-18(21-16)20(17)19(22)5-2/h6-9,16-18,20-21H,3-5,10-12H2,1-2H3/t16?,17-,18-,20+/m1/s1. The van der Waals surface area contributed by atoms with E-state index in [0.717, 1.165) is 19.3 Å². The van der Waals surface area contributed by atoms with Crippen molar-refractivity contribution in [1.29, 1.82) is 0 Å². The number of benzene rings is 1. The Labute approximate surface area is 134 Å². The number of hydrogen-bond acceptors (Lipinski definition) is 2. The van der Waals surface area contributed by atoms with Gasteiger partial charge in [0.2, 0.25) is 0 Å². The van der Waals surface area contributed by atoms with E-state index in [2.05, 4.69) is 43.1 Å². The van der Waals surface area contributed by atoms with Crippen molar-refractivity contribution >= 4 is 11.4 Å². The van der Waals surface area contributed by atoms with Gasteiger partial charge in [-0.2, -0.15) is 0 Å². The van der Waals surface area contributed by atoms with E-state index in [4.69, 9.17) is 0 Å². The number of carbonyl (C=O) groups is 1. The van der Waals surface area contributed by atoms with Crippen molar-refractivity contribution in [3.63, 3.8) is 0 Å². The molecule has 1 N–H and O–H groups in total. The van der Waals surface area contributed by atoms with E-state index >= 15 is 0 Å². The molecule has 0 aliphatic carbocycles. The van der Waals surface area contributed by atoms with Crippen LogP contribution in [0.25, 0.3) is 5.57 Å². The molecule has 118 valence electrons. The summed E-state index contributed by atoms with van der Waals surface area (Å²) in [6.45, 7) is 8.24. The Morgan fingerprint density at radius 2 is 1.91 bits per heavy atom. The van der Waals surface area contributed by atoms with Gasteiger partial charge < -0.3 is 5.32 Å². The average Bonchev–Trinajstić information content (AvgIpc) is 2.94. The van der Waals surface area contributed by atoms with Crippen molar-refractivity contribution in [3.05, 3.63) is 42.0 Å². The summed E-state index contributed by atoms with van der Waals surface area (Å²) in [5.74, 6) is 0.962. The van der Waals surface area contributed by atoms with Gasteiger partial charge in [0.25, 0.3) is 0 Å². The fraction of sp³-hybridized carbons (Fsp3) is 0.550. The zero-order chi connectivity index (χ0) is 15.7. The molecule has 22 heavy (non-hydrogen) atoms. The van der Waals surface area contributed by atoms with Crippen LogP contribution in [0.1, 0.15) is 63.0 Å². The average molecular weight is 297 g/mol. The molecule has 0 radical (unpaired) electrons. The van der Waals surface area contributed by atoms with Gasteiger partial charge in [0.05, 0.1) is 0 Å². The smallest absolute Gasteiger partial charge is 0.137 e. The predicted octanol–water partition coefficient (Wildman–Crippen LogP) is 4.31. The number of piperidine rings is 1. The van der Waals surface area contributed by atoms with Crippen LogP contribution in [-0.2, 0) is 4.79 Å². The quantitative estimate of drug-likeness (QED) is 0.877. The van der Waals surface area contributed by atoms with Crippen LogP contribution in [0, 0.1) is 5.92 Å². The molecule has 2 heterocycles. The molecule has 4 atom stereocenters. The second-order valence-electron chi connectivity index (χ2n) is 6.81. The number of allylic oxidation sites excluding steroid dienone is 1. The lowest BCUT2D eigenvalue weighted by Crippen LogP contribution is -2.47. The third kappa shape index (κ3) is 2.77. The molecule has 0 saturated carbocycles. The molecule has 1 unspecified atom stereocenters. The number of rotatable bonds is 5. The van der Waals surface area contributed by atoms with Gasteiger partial charge in [-0.1, -0.05) is 44.7 Å². The summed E-state index contributed by atoms with van der Waals surface area (Å²) < 4.78 is 0. The topological polar surface area (TPSA) is 29.1 Å². The molecule has 2 aliphatic rings. The second kappa shape index (κ2) is 6.37. The monoisotopic (exact) mass is 297 g/mol. The second-order valence-corrected chi connectivity index (χ2v) is 6.81. The molecule has 1 aromatic carbocycles. The number of Topliss-reactive ketones (excluding diaryl/α,β-unsaturated/α-hetero) is 1. The van der Waals surface area contributed by atoms with E-state index < -0.39 is 0 Å². The van der Waals surface area contributed by atoms with E-state index in [0.29, 0.717) is 30.2 Å². The van der Waals surface area contributed by atoms with Crippen LogP contribution in [0.5, 0.6) is 0 Å². The molecule has 2 aliphatic heterocycles. The number of fused-ring (bicyclic) bond motifs is 2. The summed E-state index contributed by atoms with van der Waals surface area (Å²) >= 11 is 0. The third-order valence-corrected chi connectivity index (χ3v) is 5.58. The van der Waals surface area contributed by atoms with Crippen molar-refractivity contribution < 1.29 is 4.79 Å². The van der Waals surface area contributed by atoms with Crippen molar-refractivity contribution in [1.82, 2.24) is 5.32 Å². The van der Waals surface area contributed by atoms with Gasteiger partial charge in [-0.15, -0.1) is 0 Å². The lowest BCUT2D eigenvalue weighted by molar-refractivity contribution is -0.124. The Balaban J connectivity index is 1.87. The molecular formula is C20H27NO. The summed E-state index contributed by atoms with van der Waals surface area (Å²) in [5.41, 5.74) is 3.73. The van der Waals surface area contributed by atoms with Crippen LogP contribution < -0.4 is 5.32 Å². The summed E-state index contributed by atoms with van der Waals surface area (Å²) in [6, 6.07) is 9.79. The van der Waals surface area contributed by atoms with E-state index in [1.807, 2.05) is 6.92 Å². The van der Waals surface area contributed by atoms with Gasteiger partial charge in [0.15, 0.2) is 0 Å². The Morgan fingerprint density at radius 1 is 1.18 bits per heavy atom. The van der Waals surface area contributed by atoms with Crippen LogP contribution in [0.3, 0.4) is 0 Å². The highest BCUT2D eigenvalue weighted by Crippen LogP contribution is 2.42. The van der Waals surface area contributed by atoms with Crippen molar-refractivity contribution in [2.75, 3.05) is 0 Å². The number of nitrogens with one attached hydrogen (secondary N) is 1. The summed E-state index contributed by atoms with van der Waals surface area (Å²) in [7, 11) is 0. The van der Waals surface area contributed by atoms with E-state index in [9.17, 15) is 4.79 Å². The van der Waals surface area contributed by atoms with Gasteiger partial charge in [-0.3, -0.25) is 4.79 Å². The SMILES string of the molecule is C=C(CC)c1ccc([C@H]2CC3CC[C@@H](N3)[C@H]2C(=O)CC)cc1. The molecule has 2 saturated heterocycles. The maximum Gasteiger partial charge on any atom is 0.137 e. The van der Waals surface area contributed by atoms with Gasteiger partial charge in [0.1, 0.15) is 5.78 Å². The minimum Gasteiger partial charge on any atom is -0.310 e. The Hall–Kier alpha value is -1.41. The van der Waals surface area contributed by atoms with Crippen LogP contribution in [0.15, 0.2) is 30.8 Å². The minimum absolute atomic E-state index is 0.156. The molecule has 2 nitrogen and oxygen atoms in total. The molecule has 0 spiro atoms. The molecule has 2 heteroatoms.